The maximum absolute atomic E-state index is 15.6. The Balaban J connectivity index is 1.50. The lowest BCUT2D eigenvalue weighted by Crippen LogP contribution is -2.30. The van der Waals surface area contributed by atoms with E-state index in [2.05, 4.69) is 6.92 Å². The minimum Gasteiger partial charge on any atom is -0.206 e. The van der Waals surface area contributed by atoms with Crippen LogP contribution in [0.3, 0.4) is 0 Å². The second-order valence-corrected chi connectivity index (χ2v) is 10.5. The van der Waals surface area contributed by atoms with Crippen molar-refractivity contribution >= 4 is 10.8 Å². The van der Waals surface area contributed by atoms with Gasteiger partial charge in [-0.25, -0.2) is 13.2 Å². The smallest absolute Gasteiger partial charge is 0.169 e. The largest absolute Gasteiger partial charge is 0.206 e. The van der Waals surface area contributed by atoms with Crippen LogP contribution in [0.1, 0.15) is 102 Å². The van der Waals surface area contributed by atoms with Gasteiger partial charge in [-0.1, -0.05) is 63.3 Å². The van der Waals surface area contributed by atoms with Crippen LogP contribution in [-0.4, -0.2) is 0 Å². The molecule has 2 aromatic rings. The van der Waals surface area contributed by atoms with Crippen molar-refractivity contribution in [2.75, 3.05) is 0 Å². The zero-order valence-electron chi connectivity index (χ0n) is 20.3. The van der Waals surface area contributed by atoms with Crippen molar-refractivity contribution in [2.45, 2.75) is 96.8 Å². The molecule has 0 amide bonds. The number of rotatable bonds is 8. The van der Waals surface area contributed by atoms with Gasteiger partial charge >= 0.3 is 0 Å². The number of fused-ring (bicyclic) bond motifs is 2. The summed E-state index contributed by atoms with van der Waals surface area (Å²) in [5.74, 6) is -0.0665. The maximum Gasteiger partial charge on any atom is 0.169 e. The molecule has 0 aromatic heterocycles. The number of unbranched alkanes of at least 4 members (excludes halogenated alkanes) is 2. The molecule has 0 bridgehead atoms. The van der Waals surface area contributed by atoms with Crippen LogP contribution in [0.4, 0.5) is 13.2 Å². The Morgan fingerprint density at radius 2 is 1.70 bits per heavy atom. The van der Waals surface area contributed by atoms with E-state index in [-0.39, 0.29) is 11.3 Å². The van der Waals surface area contributed by atoms with Crippen LogP contribution in [0, 0.1) is 35.2 Å². The predicted molar refractivity (Wildman–Crippen MR) is 132 cm³/mol. The highest BCUT2D eigenvalue weighted by molar-refractivity contribution is 5.85. The van der Waals surface area contributed by atoms with Crippen molar-refractivity contribution in [3.63, 3.8) is 0 Å². The van der Waals surface area contributed by atoms with Gasteiger partial charge in [0.25, 0.3) is 0 Å². The summed E-state index contributed by atoms with van der Waals surface area (Å²) in [5.41, 5.74) is 0.910. The van der Waals surface area contributed by atoms with E-state index in [9.17, 15) is 8.78 Å². The lowest BCUT2D eigenvalue weighted by Gasteiger charge is -2.42. The first-order chi connectivity index (χ1) is 16.0. The number of allylic oxidation sites excluding steroid dienone is 2. The highest BCUT2D eigenvalue weighted by atomic mass is 19.2. The van der Waals surface area contributed by atoms with Crippen LogP contribution in [0.2, 0.25) is 0 Å². The molecule has 0 saturated heterocycles. The summed E-state index contributed by atoms with van der Waals surface area (Å²) in [5, 5.41) is 0.299. The van der Waals surface area contributed by atoms with Crippen LogP contribution < -0.4 is 0 Å². The van der Waals surface area contributed by atoms with Crippen molar-refractivity contribution in [2.24, 2.45) is 17.8 Å². The molecular weight excluding hydrogens is 417 g/mol. The van der Waals surface area contributed by atoms with Crippen LogP contribution in [0.25, 0.3) is 10.8 Å². The molecule has 2 aliphatic rings. The van der Waals surface area contributed by atoms with Crippen molar-refractivity contribution in [3.8, 4) is 0 Å². The molecule has 4 unspecified atom stereocenters. The predicted octanol–water partition coefficient (Wildman–Crippen LogP) is 9.65. The average Bonchev–Trinajstić information content (AvgIpc) is 2.82. The van der Waals surface area contributed by atoms with E-state index in [1.54, 1.807) is 12.1 Å². The molecule has 4 atom stereocenters. The lowest BCUT2D eigenvalue weighted by atomic mass is 9.63. The number of hydrogen-bond acceptors (Lipinski definition) is 0. The molecule has 2 aliphatic carbocycles. The minimum absolute atomic E-state index is 0.115. The molecule has 0 spiro atoms. The SMILES string of the molecule is CC=CCCc1cc2ccc(C3CCC4CC(CCCCC)CCC4C3)c(F)c2c(F)c1F. The molecular formula is C30H39F3. The van der Waals surface area contributed by atoms with Crippen LogP contribution in [0.15, 0.2) is 30.4 Å². The second-order valence-electron chi connectivity index (χ2n) is 10.5. The van der Waals surface area contributed by atoms with E-state index < -0.39 is 17.5 Å². The maximum atomic E-state index is 15.6. The fraction of sp³-hybridized carbons (Fsp3) is 0.600. The number of hydrogen-bond donors (Lipinski definition) is 0. The third-order valence-corrected chi connectivity index (χ3v) is 8.42. The number of aryl methyl sites for hydroxylation is 1. The van der Waals surface area contributed by atoms with E-state index in [0.717, 1.165) is 31.1 Å². The number of benzene rings is 2. The van der Waals surface area contributed by atoms with Gasteiger partial charge in [0.05, 0.1) is 5.39 Å². The van der Waals surface area contributed by atoms with Crippen molar-refractivity contribution < 1.29 is 13.2 Å². The summed E-state index contributed by atoms with van der Waals surface area (Å²) < 4.78 is 45.3. The quantitative estimate of drug-likeness (QED) is 0.274. The topological polar surface area (TPSA) is 0 Å². The van der Waals surface area contributed by atoms with Crippen molar-refractivity contribution in [1.29, 1.82) is 0 Å². The van der Waals surface area contributed by atoms with Gasteiger partial charge in [-0.05, 0) is 98.1 Å². The Kier molecular flexibility index (Phi) is 8.20. The van der Waals surface area contributed by atoms with Crippen LogP contribution >= 0.6 is 0 Å². The standard InChI is InChI=1S/C30H39F3/c1-3-5-7-9-20-11-12-22-18-23(14-13-21(22)17-20)26-16-15-24-19-25(10-8-6-4-2)28(31)30(33)27(24)29(26)32/h4,6,15-16,19-23H,3,5,7-14,17-18H2,1-2H3. The van der Waals surface area contributed by atoms with E-state index in [0.29, 0.717) is 35.3 Å². The van der Waals surface area contributed by atoms with Crippen molar-refractivity contribution in [1.82, 2.24) is 0 Å². The Labute approximate surface area is 197 Å². The van der Waals surface area contributed by atoms with Crippen molar-refractivity contribution in [3.05, 3.63) is 58.9 Å². The molecule has 0 radical (unpaired) electrons. The molecule has 33 heavy (non-hydrogen) atoms. The van der Waals surface area contributed by atoms with Gasteiger partial charge in [-0.3, -0.25) is 0 Å². The van der Waals surface area contributed by atoms with Gasteiger partial charge in [-0.15, -0.1) is 0 Å². The fourth-order valence-electron chi connectivity index (χ4n) is 6.57. The monoisotopic (exact) mass is 456 g/mol. The molecule has 0 N–H and O–H groups in total. The molecule has 2 saturated carbocycles. The van der Waals surface area contributed by atoms with Crippen LogP contribution in [0.5, 0.6) is 0 Å². The molecule has 2 aromatic carbocycles. The molecule has 2 fully saturated rings. The lowest BCUT2D eigenvalue weighted by molar-refractivity contribution is 0.112. The zero-order chi connectivity index (χ0) is 23.4. The van der Waals surface area contributed by atoms with Gasteiger partial charge < -0.3 is 0 Å². The molecule has 0 nitrogen and oxygen atoms in total. The molecule has 180 valence electrons. The average molecular weight is 457 g/mol. The zero-order valence-corrected chi connectivity index (χ0v) is 20.3. The first-order valence-electron chi connectivity index (χ1n) is 13.2. The summed E-state index contributed by atoms with van der Waals surface area (Å²) in [6, 6.07) is 5.26. The second kappa shape index (κ2) is 11.1. The Hall–Kier alpha value is -1.77. The van der Waals surface area contributed by atoms with Gasteiger partial charge in [-0.2, -0.15) is 0 Å². The Bertz CT molecular complexity index is 976. The van der Waals surface area contributed by atoms with E-state index >= 15 is 4.39 Å². The molecule has 0 heterocycles. The molecule has 3 heteroatoms. The van der Waals surface area contributed by atoms with Crippen LogP contribution in [-0.2, 0) is 6.42 Å². The van der Waals surface area contributed by atoms with Gasteiger partial charge in [0.2, 0.25) is 0 Å². The molecule has 0 aliphatic heterocycles. The number of halogens is 3. The third kappa shape index (κ3) is 5.33. The van der Waals surface area contributed by atoms with Gasteiger partial charge in [0, 0.05) is 0 Å². The third-order valence-electron chi connectivity index (χ3n) is 8.42. The minimum atomic E-state index is -1.02. The summed E-state index contributed by atoms with van der Waals surface area (Å²) in [4.78, 5) is 0. The molecule has 4 rings (SSSR count). The normalized spacial score (nSPS) is 25.6. The Morgan fingerprint density at radius 1 is 0.909 bits per heavy atom. The Morgan fingerprint density at radius 3 is 2.48 bits per heavy atom. The summed E-state index contributed by atoms with van der Waals surface area (Å²) in [6.07, 6.45) is 17.2. The first kappa shape index (κ1) is 24.4. The van der Waals surface area contributed by atoms with E-state index in [1.807, 2.05) is 25.1 Å². The van der Waals surface area contributed by atoms with Gasteiger partial charge in [0.1, 0.15) is 5.82 Å². The highest BCUT2D eigenvalue weighted by Gasteiger charge is 2.36. The van der Waals surface area contributed by atoms with Gasteiger partial charge in [0.15, 0.2) is 11.6 Å². The fourth-order valence-corrected chi connectivity index (χ4v) is 6.57. The summed E-state index contributed by atoms with van der Waals surface area (Å²) >= 11 is 0. The van der Waals surface area contributed by atoms with E-state index in [1.165, 1.54) is 44.9 Å². The highest BCUT2D eigenvalue weighted by Crippen LogP contribution is 2.49. The summed E-state index contributed by atoms with van der Waals surface area (Å²) in [7, 11) is 0. The summed E-state index contributed by atoms with van der Waals surface area (Å²) in [6.45, 7) is 4.16. The van der Waals surface area contributed by atoms with E-state index in [4.69, 9.17) is 0 Å². The first-order valence-corrected chi connectivity index (χ1v) is 13.2.